The summed E-state index contributed by atoms with van der Waals surface area (Å²) in [6.45, 7) is 0.596. The standard InChI is InChI=1S/C16H16N4O2S/c17-14(21)9-12-10-23-16(18-12)19-15(22)6-8-20-7-5-11-3-1-2-4-13(11)20/h1-5,7,10H,6,8-9H2,(H2,17,21)(H,18,19,22). The maximum absolute atomic E-state index is 12.0. The highest BCUT2D eigenvalue weighted by Crippen LogP contribution is 2.17. The van der Waals surface area contributed by atoms with Crippen LogP contribution < -0.4 is 11.1 Å². The summed E-state index contributed by atoms with van der Waals surface area (Å²) in [5, 5.41) is 6.12. The molecular formula is C16H16N4O2S. The third-order valence-electron chi connectivity index (χ3n) is 3.41. The van der Waals surface area contributed by atoms with E-state index >= 15 is 0 Å². The van der Waals surface area contributed by atoms with Crippen LogP contribution in [0.5, 0.6) is 0 Å². The lowest BCUT2D eigenvalue weighted by atomic mass is 10.2. The van der Waals surface area contributed by atoms with Gasteiger partial charge in [-0.1, -0.05) is 18.2 Å². The Hall–Kier alpha value is -2.67. The number of fused-ring (bicyclic) bond motifs is 1. The highest BCUT2D eigenvalue weighted by molar-refractivity contribution is 7.13. The molecular weight excluding hydrogens is 312 g/mol. The van der Waals surface area contributed by atoms with E-state index in [4.69, 9.17) is 5.73 Å². The van der Waals surface area contributed by atoms with E-state index in [1.165, 1.54) is 11.3 Å². The van der Waals surface area contributed by atoms with Crippen LogP contribution in [0, 0.1) is 0 Å². The van der Waals surface area contributed by atoms with Crippen LogP contribution in [-0.4, -0.2) is 21.4 Å². The fourth-order valence-corrected chi connectivity index (χ4v) is 3.09. The minimum absolute atomic E-state index is 0.0850. The summed E-state index contributed by atoms with van der Waals surface area (Å²) >= 11 is 1.29. The molecule has 2 heterocycles. The Balaban J connectivity index is 1.57. The molecule has 3 rings (SSSR count). The lowest BCUT2D eigenvalue weighted by Gasteiger charge is -2.05. The molecule has 0 bridgehead atoms. The average Bonchev–Trinajstić information content (AvgIpc) is 3.11. The molecule has 0 fully saturated rings. The van der Waals surface area contributed by atoms with Crippen molar-refractivity contribution in [2.45, 2.75) is 19.4 Å². The van der Waals surface area contributed by atoms with Gasteiger partial charge in [0, 0.05) is 30.1 Å². The quantitative estimate of drug-likeness (QED) is 0.726. The van der Waals surface area contributed by atoms with Crippen molar-refractivity contribution in [3.63, 3.8) is 0 Å². The molecule has 3 aromatic rings. The van der Waals surface area contributed by atoms with Crippen LogP contribution in [-0.2, 0) is 22.6 Å². The van der Waals surface area contributed by atoms with Crippen LogP contribution in [0.15, 0.2) is 41.9 Å². The fraction of sp³-hybridized carbons (Fsp3) is 0.188. The zero-order valence-electron chi connectivity index (χ0n) is 12.4. The van der Waals surface area contributed by atoms with E-state index in [0.717, 1.165) is 10.9 Å². The number of carbonyl (C=O) groups excluding carboxylic acids is 2. The molecule has 0 saturated heterocycles. The zero-order chi connectivity index (χ0) is 16.2. The third kappa shape index (κ3) is 3.75. The number of carbonyl (C=O) groups is 2. The number of para-hydroxylation sites is 1. The number of nitrogens with one attached hydrogen (secondary N) is 1. The Labute approximate surface area is 136 Å². The van der Waals surface area contributed by atoms with E-state index < -0.39 is 5.91 Å². The van der Waals surface area contributed by atoms with Gasteiger partial charge in [-0.15, -0.1) is 11.3 Å². The van der Waals surface area contributed by atoms with Gasteiger partial charge in [-0.25, -0.2) is 4.98 Å². The van der Waals surface area contributed by atoms with E-state index in [9.17, 15) is 9.59 Å². The summed E-state index contributed by atoms with van der Waals surface area (Å²) in [5.41, 5.74) is 6.81. The van der Waals surface area contributed by atoms with Crippen molar-refractivity contribution in [1.29, 1.82) is 0 Å². The minimum atomic E-state index is -0.437. The number of hydrogen-bond acceptors (Lipinski definition) is 4. The molecule has 2 amide bonds. The highest BCUT2D eigenvalue weighted by Gasteiger charge is 2.09. The molecule has 0 unspecified atom stereocenters. The van der Waals surface area contributed by atoms with Crippen LogP contribution in [0.1, 0.15) is 12.1 Å². The minimum Gasteiger partial charge on any atom is -0.369 e. The first-order chi connectivity index (χ1) is 11.1. The van der Waals surface area contributed by atoms with Crippen LogP contribution in [0.25, 0.3) is 10.9 Å². The van der Waals surface area contributed by atoms with Crippen molar-refractivity contribution in [2.75, 3.05) is 5.32 Å². The SMILES string of the molecule is NC(=O)Cc1csc(NC(=O)CCn2ccc3ccccc32)n1. The number of aromatic nitrogens is 2. The van der Waals surface area contributed by atoms with E-state index in [0.29, 0.717) is 23.8 Å². The second-order valence-corrected chi connectivity index (χ2v) is 6.01. The summed E-state index contributed by atoms with van der Waals surface area (Å²) in [7, 11) is 0. The molecule has 0 atom stereocenters. The first-order valence-electron chi connectivity index (χ1n) is 7.18. The van der Waals surface area contributed by atoms with Gasteiger partial charge in [0.2, 0.25) is 11.8 Å². The van der Waals surface area contributed by atoms with Gasteiger partial charge in [-0.3, -0.25) is 9.59 Å². The van der Waals surface area contributed by atoms with Gasteiger partial charge in [-0.2, -0.15) is 0 Å². The topological polar surface area (TPSA) is 90.0 Å². The van der Waals surface area contributed by atoms with Crippen LogP contribution in [0.4, 0.5) is 5.13 Å². The normalized spacial score (nSPS) is 10.8. The van der Waals surface area contributed by atoms with Crippen molar-refractivity contribution >= 4 is 39.2 Å². The summed E-state index contributed by atoms with van der Waals surface area (Å²) in [5.74, 6) is -0.546. The molecule has 0 aliphatic rings. The predicted octanol–water partition coefficient (Wildman–Crippen LogP) is 2.15. The number of aryl methyl sites for hydroxylation is 1. The molecule has 0 saturated carbocycles. The Bertz CT molecular complexity index is 853. The molecule has 0 aliphatic heterocycles. The van der Waals surface area contributed by atoms with Gasteiger partial charge in [0.25, 0.3) is 0 Å². The Morgan fingerprint density at radius 1 is 1.26 bits per heavy atom. The number of rotatable bonds is 6. The van der Waals surface area contributed by atoms with Gasteiger partial charge in [0.05, 0.1) is 12.1 Å². The Morgan fingerprint density at radius 3 is 2.91 bits per heavy atom. The number of nitrogens with two attached hydrogens (primary N) is 1. The third-order valence-corrected chi connectivity index (χ3v) is 4.22. The van der Waals surface area contributed by atoms with Crippen LogP contribution in [0.3, 0.4) is 0 Å². The van der Waals surface area contributed by atoms with E-state index in [1.807, 2.05) is 36.5 Å². The van der Waals surface area contributed by atoms with Crippen LogP contribution >= 0.6 is 11.3 Å². The van der Waals surface area contributed by atoms with Crippen molar-refractivity contribution in [3.8, 4) is 0 Å². The van der Waals surface area contributed by atoms with E-state index in [-0.39, 0.29) is 12.3 Å². The molecule has 0 spiro atoms. The lowest BCUT2D eigenvalue weighted by Crippen LogP contribution is -2.15. The van der Waals surface area contributed by atoms with Gasteiger partial charge >= 0.3 is 0 Å². The molecule has 23 heavy (non-hydrogen) atoms. The first kappa shape index (κ1) is 15.2. The zero-order valence-corrected chi connectivity index (χ0v) is 13.2. The first-order valence-corrected chi connectivity index (χ1v) is 8.06. The van der Waals surface area contributed by atoms with Gasteiger partial charge in [0.1, 0.15) is 0 Å². The smallest absolute Gasteiger partial charge is 0.227 e. The molecule has 6 nitrogen and oxygen atoms in total. The number of thiazole rings is 1. The summed E-state index contributed by atoms with van der Waals surface area (Å²) in [4.78, 5) is 27.0. The maximum Gasteiger partial charge on any atom is 0.227 e. The summed E-state index contributed by atoms with van der Waals surface area (Å²) in [6, 6.07) is 10.1. The van der Waals surface area contributed by atoms with E-state index in [1.54, 1.807) is 5.38 Å². The number of nitrogens with zero attached hydrogens (tertiary/aromatic N) is 2. The number of amides is 2. The van der Waals surface area contributed by atoms with Gasteiger partial charge < -0.3 is 15.6 Å². The van der Waals surface area contributed by atoms with Crippen molar-refractivity contribution in [3.05, 3.63) is 47.6 Å². The Morgan fingerprint density at radius 2 is 2.09 bits per heavy atom. The van der Waals surface area contributed by atoms with Crippen molar-refractivity contribution in [1.82, 2.24) is 9.55 Å². The number of primary amides is 1. The number of hydrogen-bond donors (Lipinski definition) is 2. The molecule has 0 aliphatic carbocycles. The predicted molar refractivity (Wildman–Crippen MR) is 90.2 cm³/mol. The highest BCUT2D eigenvalue weighted by atomic mass is 32.1. The lowest BCUT2D eigenvalue weighted by molar-refractivity contribution is -0.117. The second-order valence-electron chi connectivity index (χ2n) is 5.15. The van der Waals surface area contributed by atoms with Crippen molar-refractivity contribution in [2.24, 2.45) is 5.73 Å². The fourth-order valence-electron chi connectivity index (χ4n) is 2.36. The second kappa shape index (κ2) is 6.62. The van der Waals surface area contributed by atoms with E-state index in [2.05, 4.69) is 14.9 Å². The Kier molecular flexibility index (Phi) is 4.38. The molecule has 0 radical (unpaired) electrons. The number of anilines is 1. The summed E-state index contributed by atoms with van der Waals surface area (Å²) < 4.78 is 2.05. The van der Waals surface area contributed by atoms with Crippen molar-refractivity contribution < 1.29 is 9.59 Å². The molecule has 118 valence electrons. The summed E-state index contributed by atoms with van der Waals surface area (Å²) in [6.07, 6.45) is 2.41. The molecule has 1 aromatic carbocycles. The molecule has 2 aromatic heterocycles. The molecule has 3 N–H and O–H groups in total. The van der Waals surface area contributed by atoms with Crippen LogP contribution in [0.2, 0.25) is 0 Å². The maximum atomic E-state index is 12.0. The largest absolute Gasteiger partial charge is 0.369 e. The monoisotopic (exact) mass is 328 g/mol. The van der Waals surface area contributed by atoms with Gasteiger partial charge in [0.15, 0.2) is 5.13 Å². The number of benzene rings is 1. The average molecular weight is 328 g/mol. The molecule has 7 heteroatoms. The van der Waals surface area contributed by atoms with Gasteiger partial charge in [-0.05, 0) is 17.5 Å².